The van der Waals surface area contributed by atoms with E-state index in [1.807, 2.05) is 31.2 Å². The van der Waals surface area contributed by atoms with Crippen LogP contribution in [0.25, 0.3) is 17.2 Å². The van der Waals surface area contributed by atoms with Crippen LogP contribution in [0.4, 0.5) is 4.39 Å². The topological polar surface area (TPSA) is 66.8 Å². The van der Waals surface area contributed by atoms with E-state index in [0.29, 0.717) is 6.42 Å². The van der Waals surface area contributed by atoms with Crippen molar-refractivity contribution in [2.45, 2.75) is 39.7 Å². The van der Waals surface area contributed by atoms with Crippen LogP contribution in [-0.4, -0.2) is 21.8 Å². The number of aromatic hydroxyl groups is 2. The largest absolute Gasteiger partial charge is 0.508 e. The van der Waals surface area contributed by atoms with Crippen molar-refractivity contribution < 1.29 is 24.1 Å². The zero-order valence-corrected chi connectivity index (χ0v) is 19.8. The highest BCUT2D eigenvalue weighted by Crippen LogP contribution is 2.36. The van der Waals surface area contributed by atoms with Crippen LogP contribution in [0.1, 0.15) is 56.4 Å². The summed E-state index contributed by atoms with van der Waals surface area (Å²) in [5.74, 6) is -0.682. The van der Waals surface area contributed by atoms with Gasteiger partial charge in [-0.3, -0.25) is 0 Å². The molecule has 0 aliphatic heterocycles. The average molecular weight is 461 g/mol. The summed E-state index contributed by atoms with van der Waals surface area (Å²) in [4.78, 5) is 12.1. The molecule has 0 spiro atoms. The molecule has 176 valence electrons. The number of phenolic OH excluding ortho intramolecular Hbond substituents is 2. The van der Waals surface area contributed by atoms with Crippen molar-refractivity contribution in [3.05, 3.63) is 101 Å². The number of ether oxygens (including phenoxy) is 1. The average Bonchev–Trinajstić information content (AvgIpc) is 2.77. The molecule has 0 aliphatic carbocycles. The van der Waals surface area contributed by atoms with Crippen LogP contribution < -0.4 is 0 Å². The Balaban J connectivity index is 2.13. The van der Waals surface area contributed by atoms with E-state index in [0.717, 1.165) is 27.8 Å². The Morgan fingerprint density at radius 2 is 1.38 bits per heavy atom. The van der Waals surface area contributed by atoms with Crippen molar-refractivity contribution >= 4 is 23.2 Å². The van der Waals surface area contributed by atoms with E-state index in [1.165, 1.54) is 18.2 Å². The van der Waals surface area contributed by atoms with Crippen LogP contribution in [0.3, 0.4) is 0 Å². The Morgan fingerprint density at radius 3 is 1.85 bits per heavy atom. The molecule has 0 atom stereocenters. The number of carbonyl (C=O) groups excluding carboxylic acids is 1. The lowest BCUT2D eigenvalue weighted by Crippen LogP contribution is -2.22. The fourth-order valence-corrected chi connectivity index (χ4v) is 3.65. The quantitative estimate of drug-likeness (QED) is 0.237. The Morgan fingerprint density at radius 1 is 0.882 bits per heavy atom. The van der Waals surface area contributed by atoms with Crippen LogP contribution in [0.2, 0.25) is 0 Å². The Kier molecular flexibility index (Phi) is 7.57. The summed E-state index contributed by atoms with van der Waals surface area (Å²) in [5, 5.41) is 19.5. The molecule has 2 N–H and O–H groups in total. The maximum atomic E-state index is 14.6. The molecular weight excluding hydrogens is 431 g/mol. The summed E-state index contributed by atoms with van der Waals surface area (Å²) in [6.45, 7) is 7.32. The second-order valence-electron chi connectivity index (χ2n) is 8.90. The fraction of sp³-hybridized carbons (Fsp3) is 0.207. The number of hydrogen-bond donors (Lipinski definition) is 2. The lowest BCUT2D eigenvalue weighted by molar-refractivity contribution is -0.148. The van der Waals surface area contributed by atoms with Crippen LogP contribution in [0.15, 0.2) is 72.8 Å². The van der Waals surface area contributed by atoms with E-state index in [2.05, 4.69) is 0 Å². The molecule has 0 unspecified atom stereocenters. The molecule has 0 aliphatic rings. The van der Waals surface area contributed by atoms with Gasteiger partial charge in [0.15, 0.2) is 0 Å². The predicted molar refractivity (Wildman–Crippen MR) is 134 cm³/mol. The number of benzene rings is 3. The number of hydrogen-bond acceptors (Lipinski definition) is 4. The van der Waals surface area contributed by atoms with Gasteiger partial charge in [-0.15, -0.1) is 0 Å². The third-order valence-electron chi connectivity index (χ3n) is 5.12. The van der Waals surface area contributed by atoms with Crippen molar-refractivity contribution in [3.63, 3.8) is 0 Å². The number of phenols is 2. The molecule has 3 rings (SSSR count). The maximum Gasteiger partial charge on any atom is 0.331 e. The highest BCUT2D eigenvalue weighted by Gasteiger charge is 2.16. The molecule has 0 radical (unpaired) electrons. The van der Waals surface area contributed by atoms with Gasteiger partial charge in [0, 0.05) is 11.6 Å². The Hall–Kier alpha value is -3.86. The second kappa shape index (κ2) is 10.4. The molecule has 4 nitrogen and oxygen atoms in total. The standard InChI is InChI=1S/C29H29FO4/c1-5-25(21-10-16-26(30)22(18-21)11-17-27(33)34-29(2,3)4)28(19-6-12-23(31)13-7-19)20-8-14-24(32)15-9-20/h6-18,31-32H,5H2,1-4H3. The first-order chi connectivity index (χ1) is 16.1. The minimum atomic E-state index is -0.636. The minimum absolute atomic E-state index is 0.156. The summed E-state index contributed by atoms with van der Waals surface area (Å²) in [5.41, 5.74) is 4.02. The molecule has 34 heavy (non-hydrogen) atoms. The molecule has 0 heterocycles. The molecule has 0 saturated heterocycles. The van der Waals surface area contributed by atoms with Crippen molar-refractivity contribution in [1.29, 1.82) is 0 Å². The summed E-state index contributed by atoms with van der Waals surface area (Å²) in [6, 6.07) is 18.5. The van der Waals surface area contributed by atoms with E-state index >= 15 is 0 Å². The highest BCUT2D eigenvalue weighted by atomic mass is 19.1. The molecule has 0 aromatic heterocycles. The summed E-state index contributed by atoms with van der Waals surface area (Å²) in [7, 11) is 0. The van der Waals surface area contributed by atoms with Crippen LogP contribution in [-0.2, 0) is 9.53 Å². The van der Waals surface area contributed by atoms with Gasteiger partial charge in [0.2, 0.25) is 0 Å². The number of carbonyl (C=O) groups is 1. The molecule has 0 bridgehead atoms. The summed E-state index contributed by atoms with van der Waals surface area (Å²) < 4.78 is 19.9. The van der Waals surface area contributed by atoms with Crippen LogP contribution in [0.5, 0.6) is 11.5 Å². The predicted octanol–water partition coefficient (Wildman–Crippen LogP) is 6.96. The lowest BCUT2D eigenvalue weighted by Gasteiger charge is -2.18. The van der Waals surface area contributed by atoms with Gasteiger partial charge >= 0.3 is 5.97 Å². The first kappa shape index (κ1) is 24.8. The van der Waals surface area contributed by atoms with Gasteiger partial charge < -0.3 is 14.9 Å². The fourth-order valence-electron chi connectivity index (χ4n) is 3.65. The van der Waals surface area contributed by atoms with Crippen LogP contribution in [0, 0.1) is 5.82 Å². The molecule has 0 fully saturated rings. The van der Waals surface area contributed by atoms with Gasteiger partial charge in [0.05, 0.1) is 0 Å². The monoisotopic (exact) mass is 460 g/mol. The van der Waals surface area contributed by atoms with E-state index in [4.69, 9.17) is 4.74 Å². The number of rotatable bonds is 6. The van der Waals surface area contributed by atoms with Crippen molar-refractivity contribution in [2.75, 3.05) is 0 Å². The SMILES string of the molecule is CCC(=C(c1ccc(O)cc1)c1ccc(O)cc1)c1ccc(F)c(C=CC(=O)OC(C)(C)C)c1. The minimum Gasteiger partial charge on any atom is -0.508 e. The normalized spacial score (nSPS) is 11.4. The summed E-state index contributed by atoms with van der Waals surface area (Å²) in [6.07, 6.45) is 3.28. The smallest absolute Gasteiger partial charge is 0.331 e. The van der Waals surface area contributed by atoms with Gasteiger partial charge in [0.25, 0.3) is 0 Å². The second-order valence-corrected chi connectivity index (χ2v) is 8.90. The van der Waals surface area contributed by atoms with Crippen LogP contribution >= 0.6 is 0 Å². The number of halogens is 1. The van der Waals surface area contributed by atoms with Gasteiger partial charge in [0.1, 0.15) is 22.9 Å². The van der Waals surface area contributed by atoms with Gasteiger partial charge in [-0.2, -0.15) is 0 Å². The molecule has 0 saturated carbocycles. The summed E-state index contributed by atoms with van der Waals surface area (Å²) >= 11 is 0. The highest BCUT2D eigenvalue weighted by molar-refractivity contribution is 5.99. The molecule has 5 heteroatoms. The van der Waals surface area contributed by atoms with Gasteiger partial charge in [-0.05, 0) is 97.5 Å². The Labute approximate surface area is 199 Å². The van der Waals surface area contributed by atoms with E-state index in [-0.39, 0.29) is 17.1 Å². The maximum absolute atomic E-state index is 14.6. The molecular formula is C29H29FO4. The first-order valence-electron chi connectivity index (χ1n) is 11.1. The number of esters is 1. The zero-order chi connectivity index (χ0) is 24.9. The van der Waals surface area contributed by atoms with E-state index in [9.17, 15) is 19.4 Å². The van der Waals surface area contributed by atoms with Gasteiger partial charge in [-0.1, -0.05) is 37.3 Å². The third-order valence-corrected chi connectivity index (χ3v) is 5.12. The Bertz CT molecular complexity index is 1170. The number of allylic oxidation sites excluding steroid dienone is 1. The van der Waals surface area contributed by atoms with Gasteiger partial charge in [-0.25, -0.2) is 9.18 Å². The lowest BCUT2D eigenvalue weighted by atomic mass is 9.87. The van der Waals surface area contributed by atoms with E-state index < -0.39 is 17.4 Å². The van der Waals surface area contributed by atoms with Crippen molar-refractivity contribution in [3.8, 4) is 11.5 Å². The molecule has 0 amide bonds. The van der Waals surface area contributed by atoms with Crippen molar-refractivity contribution in [1.82, 2.24) is 0 Å². The zero-order valence-electron chi connectivity index (χ0n) is 19.8. The molecule has 3 aromatic rings. The van der Waals surface area contributed by atoms with Crippen molar-refractivity contribution in [2.24, 2.45) is 0 Å². The molecule has 3 aromatic carbocycles. The first-order valence-corrected chi connectivity index (χ1v) is 11.1. The van der Waals surface area contributed by atoms with E-state index in [1.54, 1.807) is 57.2 Å². The third kappa shape index (κ3) is 6.35.